The fraction of sp³-hybridized carbons (Fsp3) is 0.167. The van der Waals surface area contributed by atoms with Gasteiger partial charge in [0.15, 0.2) is 16.7 Å². The number of hydrogen-bond donors (Lipinski definition) is 0. The van der Waals surface area contributed by atoms with Crippen LogP contribution >= 0.6 is 23.4 Å². The second kappa shape index (κ2) is 6.17. The van der Waals surface area contributed by atoms with Gasteiger partial charge < -0.3 is 9.47 Å². The van der Waals surface area contributed by atoms with E-state index in [1.807, 2.05) is 40.8 Å². The number of ether oxygens (including phenoxy) is 2. The van der Waals surface area contributed by atoms with E-state index in [4.69, 9.17) is 21.1 Å². The molecule has 0 aliphatic carbocycles. The second-order valence-electron chi connectivity index (χ2n) is 6.10. The van der Waals surface area contributed by atoms with E-state index < -0.39 is 0 Å². The zero-order valence-electron chi connectivity index (χ0n) is 14.2. The van der Waals surface area contributed by atoms with Crippen LogP contribution in [0.1, 0.15) is 5.56 Å². The Morgan fingerprint density at radius 1 is 1.22 bits per heavy atom. The summed E-state index contributed by atoms with van der Waals surface area (Å²) in [5.74, 6) is 2.36. The Labute approximate surface area is 162 Å². The Morgan fingerprint density at radius 2 is 2.07 bits per heavy atom. The lowest BCUT2D eigenvalue weighted by molar-refractivity contribution is 0.174. The molecule has 0 spiro atoms. The van der Waals surface area contributed by atoms with Gasteiger partial charge in [0.25, 0.3) is 5.56 Å². The van der Waals surface area contributed by atoms with E-state index in [2.05, 4.69) is 10.2 Å². The topological polar surface area (TPSA) is 70.7 Å². The van der Waals surface area contributed by atoms with Gasteiger partial charge in [0.1, 0.15) is 0 Å². The molecule has 0 radical (unpaired) electrons. The van der Waals surface area contributed by atoms with Crippen LogP contribution in [0.25, 0.3) is 16.7 Å². The van der Waals surface area contributed by atoms with Gasteiger partial charge in [-0.3, -0.25) is 13.8 Å². The summed E-state index contributed by atoms with van der Waals surface area (Å²) in [6.45, 7) is 0.181. The molecule has 0 fully saturated rings. The van der Waals surface area contributed by atoms with Crippen LogP contribution in [0.15, 0.2) is 46.3 Å². The maximum Gasteiger partial charge on any atom is 0.262 e. The zero-order chi connectivity index (χ0) is 18.5. The van der Waals surface area contributed by atoms with Gasteiger partial charge in [0.05, 0.1) is 15.9 Å². The van der Waals surface area contributed by atoms with E-state index in [0.717, 1.165) is 11.1 Å². The smallest absolute Gasteiger partial charge is 0.262 e. The van der Waals surface area contributed by atoms with Crippen LogP contribution in [0.5, 0.6) is 11.5 Å². The molecule has 0 N–H and O–H groups in total. The molecule has 2 aromatic heterocycles. The van der Waals surface area contributed by atoms with Crippen molar-refractivity contribution in [3.05, 3.63) is 57.3 Å². The summed E-state index contributed by atoms with van der Waals surface area (Å²) in [5, 5.41) is 10.3. The molecule has 136 valence electrons. The van der Waals surface area contributed by atoms with E-state index in [-0.39, 0.29) is 12.4 Å². The molecule has 3 heterocycles. The number of hydrogen-bond acceptors (Lipinski definition) is 6. The van der Waals surface area contributed by atoms with Gasteiger partial charge in [-0.1, -0.05) is 35.5 Å². The number of benzene rings is 2. The molecule has 0 atom stereocenters. The number of aromatic nitrogens is 4. The first-order valence-electron chi connectivity index (χ1n) is 8.17. The lowest BCUT2D eigenvalue weighted by atomic mass is 10.2. The van der Waals surface area contributed by atoms with Gasteiger partial charge in [-0.2, -0.15) is 0 Å². The lowest BCUT2D eigenvalue weighted by Gasteiger charge is -2.08. The Bertz CT molecular complexity index is 1270. The molecule has 0 unspecified atom stereocenters. The molecule has 1 aliphatic rings. The molecule has 4 aromatic rings. The maximum atomic E-state index is 12.5. The average Bonchev–Trinajstić information content (AvgIpc) is 3.32. The number of halogens is 1. The fourth-order valence-electron chi connectivity index (χ4n) is 3.16. The molecule has 27 heavy (non-hydrogen) atoms. The summed E-state index contributed by atoms with van der Waals surface area (Å²) in [5.41, 5.74) is 1.68. The van der Waals surface area contributed by atoms with Crippen molar-refractivity contribution < 1.29 is 9.47 Å². The van der Waals surface area contributed by atoms with Crippen LogP contribution in [-0.4, -0.2) is 26.0 Å². The van der Waals surface area contributed by atoms with Crippen molar-refractivity contribution in [3.8, 4) is 11.5 Å². The van der Waals surface area contributed by atoms with Crippen LogP contribution in [-0.2, 0) is 12.8 Å². The zero-order valence-corrected chi connectivity index (χ0v) is 15.8. The summed E-state index contributed by atoms with van der Waals surface area (Å²) in [6.07, 6.45) is 0. The number of fused-ring (bicyclic) bond motifs is 4. The van der Waals surface area contributed by atoms with Crippen molar-refractivity contribution in [1.29, 1.82) is 0 Å². The summed E-state index contributed by atoms with van der Waals surface area (Å²) >= 11 is 7.77. The first-order chi connectivity index (χ1) is 13.1. The molecule has 7 nitrogen and oxygen atoms in total. The van der Waals surface area contributed by atoms with Crippen molar-refractivity contribution in [3.63, 3.8) is 0 Å². The van der Waals surface area contributed by atoms with E-state index in [1.165, 1.54) is 16.3 Å². The third-order valence-electron chi connectivity index (χ3n) is 4.45. The highest BCUT2D eigenvalue weighted by Crippen LogP contribution is 2.40. The van der Waals surface area contributed by atoms with Crippen molar-refractivity contribution >= 4 is 40.0 Å². The van der Waals surface area contributed by atoms with Gasteiger partial charge in [-0.05, 0) is 29.8 Å². The standard InChI is InChI=1S/C18H13ClN4O3S/c1-22-16(24)11-4-2-3-5-13(11)23-17(22)20-21-18(23)27-8-10-6-12(19)15-14(7-10)25-9-26-15/h2-7H,8-9H2,1H3. The highest BCUT2D eigenvalue weighted by Gasteiger charge is 2.19. The molecule has 9 heteroatoms. The minimum atomic E-state index is -0.0930. The van der Waals surface area contributed by atoms with Crippen LogP contribution in [0.3, 0.4) is 0 Å². The van der Waals surface area contributed by atoms with Crippen molar-refractivity contribution in [2.24, 2.45) is 7.05 Å². The molecule has 0 bridgehead atoms. The number of rotatable bonds is 3. The maximum absolute atomic E-state index is 12.5. The van der Waals surface area contributed by atoms with Gasteiger partial charge in [-0.15, -0.1) is 10.2 Å². The Kier molecular flexibility index (Phi) is 3.76. The predicted molar refractivity (Wildman–Crippen MR) is 103 cm³/mol. The highest BCUT2D eigenvalue weighted by molar-refractivity contribution is 7.98. The molecule has 2 aromatic carbocycles. The summed E-state index contributed by atoms with van der Waals surface area (Å²) in [4.78, 5) is 12.5. The minimum absolute atomic E-state index is 0.0930. The van der Waals surface area contributed by atoms with Crippen molar-refractivity contribution in [2.45, 2.75) is 10.9 Å². The Balaban J connectivity index is 1.57. The average molecular weight is 401 g/mol. The van der Waals surface area contributed by atoms with Gasteiger partial charge in [0.2, 0.25) is 12.6 Å². The molecule has 0 saturated heterocycles. The number of nitrogens with zero attached hydrogens (tertiary/aromatic N) is 4. The van der Waals surface area contributed by atoms with Crippen molar-refractivity contribution in [2.75, 3.05) is 6.79 Å². The second-order valence-corrected chi connectivity index (χ2v) is 7.45. The number of para-hydroxylation sites is 1. The van der Waals surface area contributed by atoms with E-state index >= 15 is 0 Å². The van der Waals surface area contributed by atoms with E-state index in [1.54, 1.807) is 7.05 Å². The molecule has 1 aliphatic heterocycles. The normalized spacial score (nSPS) is 13.0. The summed E-state index contributed by atoms with van der Waals surface area (Å²) in [7, 11) is 1.70. The predicted octanol–water partition coefficient (Wildman–Crippen LogP) is 3.26. The molecular formula is C18H13ClN4O3S. The summed E-state index contributed by atoms with van der Waals surface area (Å²) < 4.78 is 14.2. The largest absolute Gasteiger partial charge is 0.454 e. The fourth-order valence-corrected chi connectivity index (χ4v) is 4.31. The van der Waals surface area contributed by atoms with E-state index in [0.29, 0.717) is 38.6 Å². The van der Waals surface area contributed by atoms with Gasteiger partial charge >= 0.3 is 0 Å². The Hall–Kier alpha value is -2.71. The highest BCUT2D eigenvalue weighted by atomic mass is 35.5. The van der Waals surface area contributed by atoms with Gasteiger partial charge in [-0.25, -0.2) is 0 Å². The van der Waals surface area contributed by atoms with Crippen molar-refractivity contribution in [1.82, 2.24) is 19.2 Å². The molecule has 0 amide bonds. The quantitative estimate of drug-likeness (QED) is 0.491. The minimum Gasteiger partial charge on any atom is -0.454 e. The molecule has 5 rings (SSSR count). The molecule has 0 saturated carbocycles. The first kappa shape index (κ1) is 16.5. The van der Waals surface area contributed by atoms with Crippen LogP contribution in [0, 0.1) is 0 Å². The van der Waals surface area contributed by atoms with E-state index in [9.17, 15) is 4.79 Å². The molecular weight excluding hydrogens is 388 g/mol. The third kappa shape index (κ3) is 2.55. The Morgan fingerprint density at radius 3 is 2.96 bits per heavy atom. The SMILES string of the molecule is Cn1c(=O)c2ccccc2n2c(SCc3cc(Cl)c4c(c3)OCO4)nnc12. The number of thioether (sulfide) groups is 1. The van der Waals surface area contributed by atoms with Gasteiger partial charge in [0, 0.05) is 12.8 Å². The van der Waals surface area contributed by atoms with Crippen LogP contribution < -0.4 is 15.0 Å². The van der Waals surface area contributed by atoms with Crippen LogP contribution in [0.2, 0.25) is 5.02 Å². The lowest BCUT2D eigenvalue weighted by Crippen LogP contribution is -2.20. The number of aryl methyl sites for hydroxylation is 1. The van der Waals surface area contributed by atoms with Crippen LogP contribution in [0.4, 0.5) is 0 Å². The third-order valence-corrected chi connectivity index (χ3v) is 5.73. The monoisotopic (exact) mass is 400 g/mol. The first-order valence-corrected chi connectivity index (χ1v) is 9.53. The summed E-state index contributed by atoms with van der Waals surface area (Å²) in [6, 6.07) is 11.2.